The minimum absolute atomic E-state index is 0.139. The Bertz CT molecular complexity index is 689. The molecule has 1 amide bonds. The summed E-state index contributed by atoms with van der Waals surface area (Å²) in [6, 6.07) is 6.93. The van der Waals surface area contributed by atoms with Crippen molar-refractivity contribution in [1.29, 1.82) is 0 Å². The molecule has 1 N–H and O–H groups in total. The molecule has 0 saturated carbocycles. The Morgan fingerprint density at radius 3 is 2.15 bits per heavy atom. The monoisotopic (exact) mass is 381 g/mol. The molecule has 1 saturated heterocycles. The second-order valence-corrected chi connectivity index (χ2v) is 8.93. The molecular formula is C19H31N3O3S. The predicted molar refractivity (Wildman–Crippen MR) is 104 cm³/mol. The quantitative estimate of drug-likeness (QED) is 0.787. The van der Waals surface area contributed by atoms with Gasteiger partial charge in [-0.2, -0.15) is 4.31 Å². The van der Waals surface area contributed by atoms with Gasteiger partial charge in [-0.15, -0.1) is 0 Å². The highest BCUT2D eigenvalue weighted by atomic mass is 32.2. The van der Waals surface area contributed by atoms with Crippen LogP contribution in [-0.2, 0) is 10.0 Å². The lowest BCUT2D eigenvalue weighted by atomic mass is 10.0. The number of benzene rings is 1. The number of hydrogen-bond donors (Lipinski definition) is 1. The van der Waals surface area contributed by atoms with Gasteiger partial charge < -0.3 is 10.2 Å². The second kappa shape index (κ2) is 8.97. The summed E-state index contributed by atoms with van der Waals surface area (Å²) >= 11 is 0. The van der Waals surface area contributed by atoms with E-state index >= 15 is 0 Å². The Morgan fingerprint density at radius 1 is 1.15 bits per heavy atom. The Balaban J connectivity index is 1.99. The largest absolute Gasteiger partial charge is 0.349 e. The fraction of sp³-hybridized carbons (Fsp3) is 0.632. The van der Waals surface area contributed by atoms with Crippen LogP contribution in [0.25, 0.3) is 0 Å². The Morgan fingerprint density at radius 2 is 1.69 bits per heavy atom. The summed E-state index contributed by atoms with van der Waals surface area (Å²) in [4.78, 5) is 15.1. The molecule has 1 aromatic rings. The summed E-state index contributed by atoms with van der Waals surface area (Å²) in [5.41, 5.74) is 0.495. The molecule has 7 heteroatoms. The smallest absolute Gasteiger partial charge is 0.251 e. The van der Waals surface area contributed by atoms with E-state index in [0.29, 0.717) is 24.7 Å². The van der Waals surface area contributed by atoms with E-state index in [1.165, 1.54) is 16.4 Å². The number of nitrogens with one attached hydrogen (secondary N) is 1. The van der Waals surface area contributed by atoms with Gasteiger partial charge in [-0.05, 0) is 51.0 Å². The maximum Gasteiger partial charge on any atom is 0.251 e. The normalized spacial score (nSPS) is 17.0. The molecule has 146 valence electrons. The van der Waals surface area contributed by atoms with Gasteiger partial charge in [0.05, 0.1) is 4.90 Å². The number of carbonyl (C=O) groups excluding carboxylic acids is 1. The average molecular weight is 382 g/mol. The van der Waals surface area contributed by atoms with Crippen molar-refractivity contribution in [3.05, 3.63) is 29.8 Å². The Labute approximate surface area is 157 Å². The fourth-order valence-electron chi connectivity index (χ4n) is 3.32. The van der Waals surface area contributed by atoms with E-state index in [9.17, 15) is 13.2 Å². The van der Waals surface area contributed by atoms with E-state index in [-0.39, 0.29) is 16.8 Å². The van der Waals surface area contributed by atoms with E-state index in [4.69, 9.17) is 0 Å². The van der Waals surface area contributed by atoms with Crippen molar-refractivity contribution in [2.24, 2.45) is 0 Å². The molecule has 0 spiro atoms. The maximum absolute atomic E-state index is 12.5. The van der Waals surface area contributed by atoms with Crippen LogP contribution in [-0.4, -0.2) is 61.8 Å². The number of sulfonamides is 1. The topological polar surface area (TPSA) is 69.7 Å². The van der Waals surface area contributed by atoms with Crippen LogP contribution in [0.1, 0.15) is 50.9 Å². The van der Waals surface area contributed by atoms with Gasteiger partial charge >= 0.3 is 0 Å². The molecule has 0 unspecified atom stereocenters. The molecular weight excluding hydrogens is 350 g/mol. The first-order valence-corrected chi connectivity index (χ1v) is 10.9. The lowest BCUT2D eigenvalue weighted by Crippen LogP contribution is -2.46. The minimum Gasteiger partial charge on any atom is -0.349 e. The number of rotatable bonds is 7. The highest BCUT2D eigenvalue weighted by Crippen LogP contribution is 2.17. The van der Waals surface area contributed by atoms with E-state index in [0.717, 1.165) is 25.9 Å². The summed E-state index contributed by atoms with van der Waals surface area (Å²) in [5, 5.41) is 3.07. The first kappa shape index (κ1) is 20.9. The van der Waals surface area contributed by atoms with Crippen LogP contribution in [0.15, 0.2) is 29.2 Å². The molecule has 1 aliphatic heterocycles. The SMILES string of the molecule is CCN(CC)S(=O)(=O)c1ccc(C(=O)NC2CCN(C(C)C)CC2)cc1. The van der Waals surface area contributed by atoms with Gasteiger partial charge in [0.1, 0.15) is 0 Å². The van der Waals surface area contributed by atoms with Crippen LogP contribution < -0.4 is 5.32 Å². The third-order valence-electron chi connectivity index (χ3n) is 5.05. The molecule has 0 aliphatic carbocycles. The van der Waals surface area contributed by atoms with E-state index in [1.54, 1.807) is 12.1 Å². The second-order valence-electron chi connectivity index (χ2n) is 6.99. The van der Waals surface area contributed by atoms with Gasteiger partial charge in [-0.25, -0.2) is 8.42 Å². The molecule has 2 rings (SSSR count). The zero-order valence-corrected chi connectivity index (χ0v) is 17.1. The summed E-state index contributed by atoms with van der Waals surface area (Å²) < 4.78 is 26.4. The standard InChI is InChI=1S/C19H31N3O3S/c1-5-22(6-2)26(24,25)18-9-7-16(8-10-18)19(23)20-17-11-13-21(14-12-17)15(3)4/h7-10,15,17H,5-6,11-14H2,1-4H3,(H,20,23). The highest BCUT2D eigenvalue weighted by molar-refractivity contribution is 7.89. The fourth-order valence-corrected chi connectivity index (χ4v) is 4.78. The number of hydrogen-bond acceptors (Lipinski definition) is 4. The van der Waals surface area contributed by atoms with Crippen LogP contribution in [0, 0.1) is 0 Å². The van der Waals surface area contributed by atoms with Gasteiger partial charge in [0, 0.05) is 43.8 Å². The minimum atomic E-state index is -3.49. The van der Waals surface area contributed by atoms with Crippen molar-refractivity contribution < 1.29 is 13.2 Å². The number of likely N-dealkylation sites (tertiary alicyclic amines) is 1. The summed E-state index contributed by atoms with van der Waals surface area (Å²) in [7, 11) is -3.49. The molecule has 0 bridgehead atoms. The van der Waals surface area contributed by atoms with Crippen molar-refractivity contribution in [1.82, 2.24) is 14.5 Å². The molecule has 1 aromatic carbocycles. The molecule has 1 fully saturated rings. The van der Waals surface area contributed by atoms with Crippen molar-refractivity contribution >= 4 is 15.9 Å². The van der Waals surface area contributed by atoms with Crippen molar-refractivity contribution in [3.8, 4) is 0 Å². The van der Waals surface area contributed by atoms with Crippen molar-refractivity contribution in [2.45, 2.75) is 57.5 Å². The van der Waals surface area contributed by atoms with Crippen LogP contribution in [0.2, 0.25) is 0 Å². The molecule has 0 atom stereocenters. The van der Waals surface area contributed by atoms with E-state index < -0.39 is 10.0 Å². The summed E-state index contributed by atoms with van der Waals surface area (Å²) in [6.45, 7) is 10.8. The van der Waals surface area contributed by atoms with Crippen LogP contribution in [0.5, 0.6) is 0 Å². The predicted octanol–water partition coefficient (Wildman–Crippen LogP) is 2.32. The summed E-state index contributed by atoms with van der Waals surface area (Å²) in [5.74, 6) is -0.139. The zero-order valence-electron chi connectivity index (χ0n) is 16.2. The Hall–Kier alpha value is -1.44. The first-order chi connectivity index (χ1) is 12.3. The van der Waals surface area contributed by atoms with Gasteiger partial charge in [-0.3, -0.25) is 4.79 Å². The number of piperidine rings is 1. The maximum atomic E-state index is 12.5. The third kappa shape index (κ3) is 4.84. The summed E-state index contributed by atoms with van der Waals surface area (Å²) in [6.07, 6.45) is 1.89. The van der Waals surface area contributed by atoms with Crippen LogP contribution in [0.3, 0.4) is 0 Å². The lowest BCUT2D eigenvalue weighted by molar-refractivity contribution is 0.0900. The van der Waals surface area contributed by atoms with Gasteiger partial charge in [-0.1, -0.05) is 13.8 Å². The molecule has 0 radical (unpaired) electrons. The number of amides is 1. The van der Waals surface area contributed by atoms with Gasteiger partial charge in [0.2, 0.25) is 10.0 Å². The zero-order chi connectivity index (χ0) is 19.3. The highest BCUT2D eigenvalue weighted by Gasteiger charge is 2.24. The van der Waals surface area contributed by atoms with Crippen molar-refractivity contribution in [3.63, 3.8) is 0 Å². The number of carbonyl (C=O) groups is 1. The lowest BCUT2D eigenvalue weighted by Gasteiger charge is -2.34. The van der Waals surface area contributed by atoms with E-state index in [2.05, 4.69) is 24.1 Å². The third-order valence-corrected chi connectivity index (χ3v) is 7.12. The first-order valence-electron chi connectivity index (χ1n) is 9.44. The van der Waals surface area contributed by atoms with Gasteiger partial charge in [0.25, 0.3) is 5.91 Å². The molecule has 1 heterocycles. The van der Waals surface area contributed by atoms with Crippen LogP contribution in [0.4, 0.5) is 0 Å². The van der Waals surface area contributed by atoms with Crippen LogP contribution >= 0.6 is 0 Å². The number of nitrogens with zero attached hydrogens (tertiary/aromatic N) is 2. The molecule has 1 aliphatic rings. The van der Waals surface area contributed by atoms with Crippen molar-refractivity contribution in [2.75, 3.05) is 26.2 Å². The molecule has 26 heavy (non-hydrogen) atoms. The van der Waals surface area contributed by atoms with Gasteiger partial charge in [0.15, 0.2) is 0 Å². The molecule has 6 nitrogen and oxygen atoms in total. The Kier molecular flexibility index (Phi) is 7.20. The average Bonchev–Trinajstić information content (AvgIpc) is 2.63. The van der Waals surface area contributed by atoms with E-state index in [1.807, 2.05) is 13.8 Å². The molecule has 0 aromatic heterocycles.